The molecule has 0 aromatic rings. The summed E-state index contributed by atoms with van der Waals surface area (Å²) in [6.45, 7) is 3.48. The van der Waals surface area contributed by atoms with Crippen molar-refractivity contribution in [2.24, 2.45) is 5.41 Å². The van der Waals surface area contributed by atoms with Gasteiger partial charge in [-0.3, -0.25) is 9.35 Å². The second-order valence-corrected chi connectivity index (χ2v) is 11.5. The molecular weight excluding hydrogens is 376 g/mol. The number of carbonyl (C=O) groups excluding carboxylic acids is 1. The normalized spacial score (nSPS) is 13.1. The van der Waals surface area contributed by atoms with E-state index < -0.39 is 36.1 Å². The first kappa shape index (κ1) is 23.8. The van der Waals surface area contributed by atoms with Crippen LogP contribution >= 0.6 is 11.8 Å². The van der Waals surface area contributed by atoms with Gasteiger partial charge in [0.2, 0.25) is 0 Å². The Hall–Kier alpha value is -0.173. The fourth-order valence-electron chi connectivity index (χ4n) is 1.74. The summed E-state index contributed by atoms with van der Waals surface area (Å²) in [6.07, 6.45) is 0.0669. The molecule has 0 saturated heterocycles. The zero-order chi connectivity index (χ0) is 18.9. The molecule has 0 fully saturated rings. The van der Waals surface area contributed by atoms with Gasteiger partial charge >= 0.3 is 14.8 Å². The third kappa shape index (κ3) is 9.35. The van der Waals surface area contributed by atoms with Crippen molar-refractivity contribution < 1.29 is 35.8 Å². The highest BCUT2D eigenvalue weighted by Gasteiger charge is 2.37. The van der Waals surface area contributed by atoms with Crippen molar-refractivity contribution in [3.8, 4) is 0 Å². The van der Waals surface area contributed by atoms with E-state index in [4.69, 9.17) is 22.6 Å². The predicted molar refractivity (Wildman–Crippen MR) is 94.7 cm³/mol. The minimum atomic E-state index is -4.02. The standard InChI is InChI=1S/C13H28O8S2Si/c1-13(2,12(14)21-7-6-9-23(15,16)17)11-22-8-10-24(18-3,19-4)20-5/h6-11H2,1-5H3,(H,15,16,17). The zero-order valence-corrected chi connectivity index (χ0v) is 17.5. The van der Waals surface area contributed by atoms with Crippen LogP contribution in [0.4, 0.5) is 0 Å². The van der Waals surface area contributed by atoms with Crippen LogP contribution in [0.2, 0.25) is 6.04 Å². The Labute approximate surface area is 149 Å². The summed E-state index contributed by atoms with van der Waals surface area (Å²) in [7, 11) is -1.97. The highest BCUT2D eigenvalue weighted by Crippen LogP contribution is 2.26. The topological polar surface area (TPSA) is 108 Å². The highest BCUT2D eigenvalue weighted by molar-refractivity contribution is 7.99. The monoisotopic (exact) mass is 404 g/mol. The van der Waals surface area contributed by atoms with Gasteiger partial charge in [-0.05, 0) is 26.0 Å². The van der Waals surface area contributed by atoms with Crippen molar-refractivity contribution in [3.63, 3.8) is 0 Å². The Morgan fingerprint density at radius 2 is 1.71 bits per heavy atom. The first-order valence-corrected chi connectivity index (χ1v) is 12.1. The molecule has 0 saturated carbocycles. The maximum Gasteiger partial charge on any atom is 0.500 e. The average Bonchev–Trinajstić information content (AvgIpc) is 2.51. The Bertz CT molecular complexity index is 468. The lowest BCUT2D eigenvalue weighted by Gasteiger charge is -2.25. The Morgan fingerprint density at radius 1 is 1.17 bits per heavy atom. The van der Waals surface area contributed by atoms with Crippen LogP contribution in [-0.4, -0.2) is 72.9 Å². The van der Waals surface area contributed by atoms with E-state index in [0.29, 0.717) is 17.5 Å². The van der Waals surface area contributed by atoms with Crippen molar-refractivity contribution in [3.05, 3.63) is 0 Å². The van der Waals surface area contributed by atoms with Crippen LogP contribution in [0.5, 0.6) is 0 Å². The van der Waals surface area contributed by atoms with E-state index >= 15 is 0 Å². The Kier molecular flexibility index (Phi) is 10.7. The molecule has 0 rings (SSSR count). The average molecular weight is 405 g/mol. The van der Waals surface area contributed by atoms with E-state index in [1.165, 1.54) is 0 Å². The third-order valence-electron chi connectivity index (χ3n) is 3.28. The fourth-order valence-corrected chi connectivity index (χ4v) is 5.69. The van der Waals surface area contributed by atoms with Crippen LogP contribution in [0.15, 0.2) is 0 Å². The van der Waals surface area contributed by atoms with Gasteiger partial charge in [-0.1, -0.05) is 0 Å². The maximum absolute atomic E-state index is 12.0. The molecule has 0 aliphatic carbocycles. The van der Waals surface area contributed by atoms with E-state index in [9.17, 15) is 13.2 Å². The summed E-state index contributed by atoms with van der Waals surface area (Å²) in [5, 5.41) is 0. The molecule has 8 nitrogen and oxygen atoms in total. The number of carbonyl (C=O) groups is 1. The smallest absolute Gasteiger partial charge is 0.465 e. The van der Waals surface area contributed by atoms with Crippen molar-refractivity contribution >= 4 is 36.7 Å². The number of hydrogen-bond donors (Lipinski definition) is 1. The summed E-state index contributed by atoms with van der Waals surface area (Å²) < 4.78 is 50.8. The van der Waals surface area contributed by atoms with Gasteiger partial charge in [0, 0.05) is 33.1 Å². The lowest BCUT2D eigenvalue weighted by molar-refractivity contribution is -0.152. The van der Waals surface area contributed by atoms with Crippen molar-refractivity contribution in [1.82, 2.24) is 0 Å². The van der Waals surface area contributed by atoms with Crippen molar-refractivity contribution in [2.45, 2.75) is 26.3 Å². The van der Waals surface area contributed by atoms with Gasteiger partial charge in [0.15, 0.2) is 0 Å². The molecule has 1 N–H and O–H groups in total. The highest BCUT2D eigenvalue weighted by atomic mass is 32.2. The van der Waals surface area contributed by atoms with Crippen LogP contribution in [0.1, 0.15) is 20.3 Å². The number of esters is 1. The van der Waals surface area contributed by atoms with E-state index in [0.717, 1.165) is 0 Å². The van der Waals surface area contributed by atoms with Crippen LogP contribution in [0.25, 0.3) is 0 Å². The van der Waals surface area contributed by atoms with Gasteiger partial charge in [0.05, 0.1) is 17.8 Å². The largest absolute Gasteiger partial charge is 0.500 e. The summed E-state index contributed by atoms with van der Waals surface area (Å²) in [4.78, 5) is 12.0. The van der Waals surface area contributed by atoms with Gasteiger partial charge in [-0.15, -0.1) is 0 Å². The third-order valence-corrected chi connectivity index (χ3v) is 8.59. The quantitative estimate of drug-likeness (QED) is 0.211. The number of rotatable bonds is 13. The van der Waals surface area contributed by atoms with E-state index in [1.807, 2.05) is 0 Å². The van der Waals surface area contributed by atoms with Crippen LogP contribution in [0, 0.1) is 5.41 Å². The molecule has 0 aliphatic rings. The number of thioether (sulfide) groups is 1. The second-order valence-electron chi connectivity index (χ2n) is 5.76. The minimum absolute atomic E-state index is 0.0419. The van der Waals surface area contributed by atoms with Crippen LogP contribution < -0.4 is 0 Å². The summed E-state index contributed by atoms with van der Waals surface area (Å²) in [6, 6.07) is 0.626. The molecule has 0 atom stereocenters. The first-order valence-electron chi connectivity index (χ1n) is 7.37. The summed E-state index contributed by atoms with van der Waals surface area (Å²) in [5.74, 6) is 0.416. The molecule has 0 spiro atoms. The first-order chi connectivity index (χ1) is 11.0. The minimum Gasteiger partial charge on any atom is -0.465 e. The van der Waals surface area contributed by atoms with Gasteiger partial charge in [0.25, 0.3) is 10.1 Å². The van der Waals surface area contributed by atoms with Gasteiger partial charge < -0.3 is 18.0 Å². The molecule has 24 heavy (non-hydrogen) atoms. The van der Waals surface area contributed by atoms with Crippen LogP contribution in [-0.2, 0) is 32.9 Å². The molecule has 0 aromatic heterocycles. The summed E-state index contributed by atoms with van der Waals surface area (Å²) in [5.41, 5.74) is -0.708. The molecule has 0 unspecified atom stereocenters. The molecular formula is C13H28O8S2Si. The lowest BCUT2D eigenvalue weighted by Crippen LogP contribution is -2.43. The SMILES string of the molecule is CO[Si](CCSCC(C)(C)C(=O)OCCCS(=O)(=O)O)(OC)OC. The van der Waals surface area contributed by atoms with Crippen LogP contribution in [0.3, 0.4) is 0 Å². The molecule has 0 aromatic carbocycles. The molecule has 11 heteroatoms. The van der Waals surface area contributed by atoms with E-state index in [2.05, 4.69) is 0 Å². The predicted octanol–water partition coefficient (Wildman–Crippen LogP) is 1.44. The van der Waals surface area contributed by atoms with Crippen molar-refractivity contribution in [2.75, 3.05) is 45.2 Å². The second kappa shape index (κ2) is 10.7. The molecule has 0 bridgehead atoms. The Morgan fingerprint density at radius 3 is 2.17 bits per heavy atom. The zero-order valence-electron chi connectivity index (χ0n) is 14.9. The fraction of sp³-hybridized carbons (Fsp3) is 0.923. The molecule has 0 radical (unpaired) electrons. The number of ether oxygens (including phenoxy) is 1. The number of hydrogen-bond acceptors (Lipinski definition) is 8. The summed E-state index contributed by atoms with van der Waals surface area (Å²) >= 11 is 1.56. The lowest BCUT2D eigenvalue weighted by atomic mass is 9.97. The Balaban J connectivity index is 4.17. The van der Waals surface area contributed by atoms with E-state index in [1.54, 1.807) is 46.9 Å². The van der Waals surface area contributed by atoms with Gasteiger partial charge in [0.1, 0.15) is 0 Å². The van der Waals surface area contributed by atoms with Gasteiger partial charge in [-0.25, -0.2) is 0 Å². The van der Waals surface area contributed by atoms with Crippen molar-refractivity contribution in [1.29, 1.82) is 0 Å². The van der Waals surface area contributed by atoms with E-state index in [-0.39, 0.29) is 13.0 Å². The molecule has 0 aliphatic heterocycles. The maximum atomic E-state index is 12.0. The molecule has 0 heterocycles. The molecule has 144 valence electrons. The molecule has 0 amide bonds. The van der Waals surface area contributed by atoms with Gasteiger partial charge in [-0.2, -0.15) is 20.2 Å².